The monoisotopic (exact) mass is 218 g/mol. The van der Waals surface area contributed by atoms with Crippen molar-refractivity contribution in [3.05, 3.63) is 35.4 Å². The molecule has 0 spiro atoms. The van der Waals surface area contributed by atoms with Gasteiger partial charge in [0, 0.05) is 25.7 Å². The highest BCUT2D eigenvalue weighted by Gasteiger charge is 2.25. The van der Waals surface area contributed by atoms with Crippen molar-refractivity contribution in [1.29, 1.82) is 0 Å². The van der Waals surface area contributed by atoms with Gasteiger partial charge in [-0.3, -0.25) is 0 Å². The predicted octanol–water partition coefficient (Wildman–Crippen LogP) is 2.18. The highest BCUT2D eigenvalue weighted by molar-refractivity contribution is 5.25. The summed E-state index contributed by atoms with van der Waals surface area (Å²) in [6.45, 7) is 5.41. The molecule has 0 aliphatic heterocycles. The molecule has 0 radical (unpaired) electrons. The zero-order chi connectivity index (χ0) is 11.4. The van der Waals surface area contributed by atoms with Crippen LogP contribution in [-0.2, 0) is 6.54 Å². The molecule has 1 aliphatic carbocycles. The minimum Gasteiger partial charge on any atom is -0.311 e. The van der Waals surface area contributed by atoms with Crippen LogP contribution in [0.15, 0.2) is 24.3 Å². The molecule has 0 bridgehead atoms. The second-order valence-electron chi connectivity index (χ2n) is 4.82. The normalized spacial score (nSPS) is 15.7. The minimum atomic E-state index is 0.875. The Morgan fingerprint density at radius 3 is 2.75 bits per heavy atom. The van der Waals surface area contributed by atoms with Crippen molar-refractivity contribution in [2.75, 3.05) is 20.1 Å². The molecule has 1 N–H and O–H groups in total. The zero-order valence-electron chi connectivity index (χ0n) is 10.4. The molecule has 1 aromatic rings. The molecule has 0 unspecified atom stereocenters. The topological polar surface area (TPSA) is 15.3 Å². The number of rotatable bonds is 6. The first-order valence-corrected chi connectivity index (χ1v) is 6.23. The first-order chi connectivity index (χ1) is 7.77. The Kier molecular flexibility index (Phi) is 3.97. The van der Waals surface area contributed by atoms with Gasteiger partial charge in [-0.25, -0.2) is 0 Å². The van der Waals surface area contributed by atoms with Crippen LogP contribution in [-0.4, -0.2) is 31.1 Å². The maximum absolute atomic E-state index is 3.51. The van der Waals surface area contributed by atoms with Crippen LogP contribution in [0.25, 0.3) is 0 Å². The number of hydrogen-bond acceptors (Lipinski definition) is 2. The van der Waals surface area contributed by atoms with Crippen LogP contribution in [0.5, 0.6) is 0 Å². The fourth-order valence-electron chi connectivity index (χ4n) is 1.98. The van der Waals surface area contributed by atoms with Crippen molar-refractivity contribution >= 4 is 0 Å². The third kappa shape index (κ3) is 3.32. The van der Waals surface area contributed by atoms with Crippen LogP contribution >= 0.6 is 0 Å². The lowest BCUT2D eigenvalue weighted by Gasteiger charge is -2.16. The molecule has 0 atom stereocenters. The van der Waals surface area contributed by atoms with Crippen molar-refractivity contribution in [3.63, 3.8) is 0 Å². The van der Waals surface area contributed by atoms with Crippen LogP contribution in [0.2, 0.25) is 0 Å². The van der Waals surface area contributed by atoms with Crippen molar-refractivity contribution in [1.82, 2.24) is 10.2 Å². The SMILES string of the molecule is Cc1ccccc1CNCCN(C)C1CC1. The molecule has 0 aromatic heterocycles. The molecule has 0 saturated heterocycles. The van der Waals surface area contributed by atoms with Gasteiger partial charge in [0.1, 0.15) is 0 Å². The molecule has 2 rings (SSSR count). The smallest absolute Gasteiger partial charge is 0.0208 e. The highest BCUT2D eigenvalue weighted by atomic mass is 15.2. The first-order valence-electron chi connectivity index (χ1n) is 6.23. The highest BCUT2D eigenvalue weighted by Crippen LogP contribution is 2.24. The quantitative estimate of drug-likeness (QED) is 0.736. The molecule has 0 amide bonds. The van der Waals surface area contributed by atoms with Gasteiger partial charge in [-0.2, -0.15) is 0 Å². The van der Waals surface area contributed by atoms with Crippen molar-refractivity contribution in [2.45, 2.75) is 32.4 Å². The number of likely N-dealkylation sites (N-methyl/N-ethyl adjacent to an activating group) is 1. The van der Waals surface area contributed by atoms with Gasteiger partial charge in [0.15, 0.2) is 0 Å². The lowest BCUT2D eigenvalue weighted by Crippen LogP contribution is -2.30. The van der Waals surface area contributed by atoms with Gasteiger partial charge in [-0.15, -0.1) is 0 Å². The van der Waals surface area contributed by atoms with Gasteiger partial charge in [-0.05, 0) is 37.9 Å². The van der Waals surface area contributed by atoms with E-state index in [1.165, 1.54) is 24.0 Å². The summed E-state index contributed by atoms with van der Waals surface area (Å²) >= 11 is 0. The summed E-state index contributed by atoms with van der Waals surface area (Å²) in [6.07, 6.45) is 2.79. The zero-order valence-corrected chi connectivity index (χ0v) is 10.4. The van der Waals surface area contributed by atoms with Gasteiger partial charge < -0.3 is 10.2 Å². The summed E-state index contributed by atoms with van der Waals surface area (Å²) in [5, 5.41) is 3.51. The summed E-state index contributed by atoms with van der Waals surface area (Å²) in [7, 11) is 2.23. The van der Waals surface area contributed by atoms with Crippen LogP contribution in [0.4, 0.5) is 0 Å². The Hall–Kier alpha value is -0.860. The van der Waals surface area contributed by atoms with Gasteiger partial charge in [0.05, 0.1) is 0 Å². The first kappa shape index (κ1) is 11.6. The molecule has 88 valence electrons. The van der Waals surface area contributed by atoms with Crippen LogP contribution in [0.1, 0.15) is 24.0 Å². The third-order valence-electron chi connectivity index (χ3n) is 3.39. The van der Waals surface area contributed by atoms with Gasteiger partial charge in [0.2, 0.25) is 0 Å². The Bertz CT molecular complexity index is 331. The number of aryl methyl sites for hydroxylation is 1. The standard InChI is InChI=1S/C14H22N2/c1-12-5-3-4-6-13(12)11-15-9-10-16(2)14-7-8-14/h3-6,14-15H,7-11H2,1-2H3. The van der Waals surface area contributed by atoms with E-state index in [4.69, 9.17) is 0 Å². The predicted molar refractivity (Wildman–Crippen MR) is 68.5 cm³/mol. The van der Waals surface area contributed by atoms with Crippen molar-refractivity contribution in [2.24, 2.45) is 0 Å². The van der Waals surface area contributed by atoms with E-state index in [0.29, 0.717) is 0 Å². The molecule has 0 heterocycles. The Labute approximate surface area is 98.7 Å². The second kappa shape index (κ2) is 5.46. The molecule has 1 aromatic carbocycles. The van der Waals surface area contributed by atoms with Crippen molar-refractivity contribution < 1.29 is 0 Å². The van der Waals surface area contributed by atoms with E-state index in [2.05, 4.69) is 48.5 Å². The lowest BCUT2D eigenvalue weighted by atomic mass is 10.1. The maximum Gasteiger partial charge on any atom is 0.0208 e. The molecule has 1 aliphatic rings. The minimum absolute atomic E-state index is 0.875. The largest absolute Gasteiger partial charge is 0.311 e. The van der Waals surface area contributed by atoms with E-state index < -0.39 is 0 Å². The van der Waals surface area contributed by atoms with Crippen molar-refractivity contribution in [3.8, 4) is 0 Å². The van der Waals surface area contributed by atoms with Gasteiger partial charge in [0.25, 0.3) is 0 Å². The number of nitrogens with one attached hydrogen (secondary N) is 1. The summed E-state index contributed by atoms with van der Waals surface area (Å²) in [4.78, 5) is 2.46. The fraction of sp³-hybridized carbons (Fsp3) is 0.571. The Morgan fingerprint density at radius 1 is 1.31 bits per heavy atom. The summed E-state index contributed by atoms with van der Waals surface area (Å²) in [5.41, 5.74) is 2.79. The maximum atomic E-state index is 3.51. The van der Waals surface area contributed by atoms with E-state index >= 15 is 0 Å². The Morgan fingerprint density at radius 2 is 2.06 bits per heavy atom. The van der Waals surface area contributed by atoms with Gasteiger partial charge in [-0.1, -0.05) is 24.3 Å². The molecular weight excluding hydrogens is 196 g/mol. The number of hydrogen-bond donors (Lipinski definition) is 1. The molecule has 1 saturated carbocycles. The summed E-state index contributed by atoms with van der Waals surface area (Å²) in [6, 6.07) is 9.46. The third-order valence-corrected chi connectivity index (χ3v) is 3.39. The summed E-state index contributed by atoms with van der Waals surface area (Å²) < 4.78 is 0. The molecule has 2 nitrogen and oxygen atoms in total. The van der Waals surface area contributed by atoms with E-state index in [0.717, 1.165) is 25.7 Å². The fourth-order valence-corrected chi connectivity index (χ4v) is 1.98. The van der Waals surface area contributed by atoms with Crippen LogP contribution in [0, 0.1) is 6.92 Å². The Balaban J connectivity index is 1.66. The van der Waals surface area contributed by atoms with E-state index in [9.17, 15) is 0 Å². The van der Waals surface area contributed by atoms with Gasteiger partial charge >= 0.3 is 0 Å². The molecule has 16 heavy (non-hydrogen) atoms. The molecule has 1 fully saturated rings. The second-order valence-corrected chi connectivity index (χ2v) is 4.82. The van der Waals surface area contributed by atoms with E-state index in [1.54, 1.807) is 0 Å². The van der Waals surface area contributed by atoms with E-state index in [-0.39, 0.29) is 0 Å². The summed E-state index contributed by atoms with van der Waals surface area (Å²) in [5.74, 6) is 0. The molecular formula is C14H22N2. The lowest BCUT2D eigenvalue weighted by molar-refractivity contribution is 0.321. The number of benzene rings is 1. The van der Waals surface area contributed by atoms with Crippen LogP contribution < -0.4 is 5.32 Å². The van der Waals surface area contributed by atoms with Crippen LogP contribution in [0.3, 0.4) is 0 Å². The van der Waals surface area contributed by atoms with E-state index in [1.807, 2.05) is 0 Å². The average Bonchev–Trinajstić information content (AvgIpc) is 3.10. The number of nitrogens with zero attached hydrogens (tertiary/aromatic N) is 1. The molecule has 2 heteroatoms. The average molecular weight is 218 g/mol.